The molecule has 0 aliphatic rings. The second-order valence-corrected chi connectivity index (χ2v) is 3.09. The van der Waals surface area contributed by atoms with Gasteiger partial charge in [0.05, 0.1) is 0 Å². The standard InChI is InChI=1S/C10H19NO/c1-4-5-6-7-8-9-11(12)10(2)3/h5-6,9-10H,4,7-8H2,1-3H3/b6-5-,11-9?. The number of rotatable bonds is 5. The summed E-state index contributed by atoms with van der Waals surface area (Å²) >= 11 is 0. The molecule has 70 valence electrons. The maximum absolute atomic E-state index is 11.0. The molecule has 0 aromatic rings. The van der Waals surface area contributed by atoms with Crippen molar-refractivity contribution in [3.63, 3.8) is 0 Å². The highest BCUT2D eigenvalue weighted by Crippen LogP contribution is 1.91. The molecule has 0 atom stereocenters. The van der Waals surface area contributed by atoms with E-state index in [4.69, 9.17) is 0 Å². The predicted octanol–water partition coefficient (Wildman–Crippen LogP) is 2.72. The van der Waals surface area contributed by atoms with Gasteiger partial charge in [0.1, 0.15) is 0 Å². The minimum atomic E-state index is 0.0696. The van der Waals surface area contributed by atoms with E-state index in [1.807, 2.05) is 13.8 Å². The molecule has 2 heteroatoms. The van der Waals surface area contributed by atoms with Crippen molar-refractivity contribution in [3.8, 4) is 0 Å². The summed E-state index contributed by atoms with van der Waals surface area (Å²) in [7, 11) is 0. The third kappa shape index (κ3) is 5.96. The molecule has 0 aliphatic heterocycles. The number of unbranched alkanes of at least 4 members (excludes halogenated alkanes) is 1. The van der Waals surface area contributed by atoms with E-state index in [2.05, 4.69) is 19.1 Å². The van der Waals surface area contributed by atoms with Gasteiger partial charge in [0.25, 0.3) is 0 Å². The molecule has 0 bridgehead atoms. The molecule has 0 aromatic carbocycles. The van der Waals surface area contributed by atoms with E-state index in [0.717, 1.165) is 24.0 Å². The Hall–Kier alpha value is -0.790. The van der Waals surface area contributed by atoms with Gasteiger partial charge in [0.15, 0.2) is 12.3 Å². The summed E-state index contributed by atoms with van der Waals surface area (Å²) in [6.07, 6.45) is 8.84. The Labute approximate surface area is 75.2 Å². The van der Waals surface area contributed by atoms with Crippen LogP contribution >= 0.6 is 0 Å². The smallest absolute Gasteiger partial charge is 0.157 e. The van der Waals surface area contributed by atoms with Crippen LogP contribution in [0.2, 0.25) is 0 Å². The second kappa shape index (κ2) is 6.89. The van der Waals surface area contributed by atoms with Gasteiger partial charge in [-0.2, -0.15) is 0 Å². The first kappa shape index (κ1) is 11.2. The monoisotopic (exact) mass is 169 g/mol. The van der Waals surface area contributed by atoms with Crippen LogP contribution in [0.4, 0.5) is 0 Å². The highest BCUT2D eigenvalue weighted by molar-refractivity contribution is 5.51. The minimum absolute atomic E-state index is 0.0696. The normalized spacial score (nSPS) is 13.2. The molecule has 2 nitrogen and oxygen atoms in total. The van der Waals surface area contributed by atoms with Gasteiger partial charge < -0.3 is 5.21 Å². The van der Waals surface area contributed by atoms with Crippen LogP contribution in [0, 0.1) is 5.21 Å². The lowest BCUT2D eigenvalue weighted by atomic mass is 10.3. The Morgan fingerprint density at radius 2 is 1.92 bits per heavy atom. The van der Waals surface area contributed by atoms with Crippen LogP contribution in [0.5, 0.6) is 0 Å². The van der Waals surface area contributed by atoms with Gasteiger partial charge in [-0.05, 0) is 26.7 Å². The van der Waals surface area contributed by atoms with Crippen molar-refractivity contribution >= 4 is 6.21 Å². The molecule has 0 radical (unpaired) electrons. The van der Waals surface area contributed by atoms with Crippen LogP contribution in [-0.2, 0) is 0 Å². The van der Waals surface area contributed by atoms with E-state index < -0.39 is 0 Å². The van der Waals surface area contributed by atoms with Crippen LogP contribution in [0.15, 0.2) is 12.2 Å². The van der Waals surface area contributed by atoms with Crippen LogP contribution in [0.1, 0.15) is 40.0 Å². The molecule has 0 saturated carbocycles. The van der Waals surface area contributed by atoms with Gasteiger partial charge in [-0.3, -0.25) is 0 Å². The van der Waals surface area contributed by atoms with Crippen molar-refractivity contribution < 1.29 is 4.74 Å². The van der Waals surface area contributed by atoms with Gasteiger partial charge in [0.2, 0.25) is 0 Å². The third-order valence-electron chi connectivity index (χ3n) is 1.55. The Kier molecular flexibility index (Phi) is 6.44. The molecule has 0 N–H and O–H groups in total. The average Bonchev–Trinajstić information content (AvgIpc) is 2.03. The predicted molar refractivity (Wildman–Crippen MR) is 53.5 cm³/mol. The Morgan fingerprint density at radius 1 is 1.25 bits per heavy atom. The first-order chi connectivity index (χ1) is 5.68. The van der Waals surface area contributed by atoms with Crippen LogP contribution in [-0.4, -0.2) is 17.0 Å². The molecule has 0 heterocycles. The quantitative estimate of drug-likeness (QED) is 0.155. The van der Waals surface area contributed by atoms with Crippen LogP contribution < -0.4 is 0 Å². The Morgan fingerprint density at radius 3 is 2.42 bits per heavy atom. The minimum Gasteiger partial charge on any atom is -0.624 e. The second-order valence-electron chi connectivity index (χ2n) is 3.09. The summed E-state index contributed by atoms with van der Waals surface area (Å²) in [6, 6.07) is 0.0696. The number of hydroxylamine groups is 1. The van der Waals surface area contributed by atoms with E-state index in [1.165, 1.54) is 0 Å². The topological polar surface area (TPSA) is 26.1 Å². The fraction of sp³-hybridized carbons (Fsp3) is 0.700. The zero-order chi connectivity index (χ0) is 9.40. The number of nitrogens with zero attached hydrogens (tertiary/aromatic N) is 1. The molecule has 0 rings (SSSR count). The maximum Gasteiger partial charge on any atom is 0.157 e. The zero-order valence-electron chi connectivity index (χ0n) is 8.29. The zero-order valence-corrected chi connectivity index (χ0v) is 8.29. The fourth-order valence-corrected chi connectivity index (χ4v) is 0.793. The van der Waals surface area contributed by atoms with Gasteiger partial charge >= 0.3 is 0 Å². The van der Waals surface area contributed by atoms with Crippen molar-refractivity contribution in [2.45, 2.75) is 46.1 Å². The average molecular weight is 169 g/mol. The van der Waals surface area contributed by atoms with Crippen LogP contribution in [0.3, 0.4) is 0 Å². The molecule has 0 aromatic heterocycles. The molecule has 0 unspecified atom stereocenters. The molecule has 0 spiro atoms. The van der Waals surface area contributed by atoms with Crippen molar-refractivity contribution in [3.05, 3.63) is 17.4 Å². The molecule has 12 heavy (non-hydrogen) atoms. The van der Waals surface area contributed by atoms with E-state index >= 15 is 0 Å². The molecular formula is C10H19NO. The lowest BCUT2D eigenvalue weighted by Gasteiger charge is -2.06. The Balaban J connectivity index is 3.53. The van der Waals surface area contributed by atoms with Crippen molar-refractivity contribution in [2.75, 3.05) is 0 Å². The third-order valence-corrected chi connectivity index (χ3v) is 1.55. The van der Waals surface area contributed by atoms with E-state index in [9.17, 15) is 5.21 Å². The lowest BCUT2D eigenvalue weighted by Crippen LogP contribution is -2.14. The van der Waals surface area contributed by atoms with Gasteiger partial charge in [-0.1, -0.05) is 19.1 Å². The van der Waals surface area contributed by atoms with Gasteiger partial charge in [0, 0.05) is 6.42 Å². The summed E-state index contributed by atoms with van der Waals surface area (Å²) in [5.74, 6) is 0. The number of allylic oxidation sites excluding steroid dienone is 2. The highest BCUT2D eigenvalue weighted by atomic mass is 16.5. The fourth-order valence-electron chi connectivity index (χ4n) is 0.793. The van der Waals surface area contributed by atoms with Gasteiger partial charge in [-0.25, -0.2) is 4.74 Å². The summed E-state index contributed by atoms with van der Waals surface area (Å²) < 4.78 is 1.01. The highest BCUT2D eigenvalue weighted by Gasteiger charge is 1.96. The van der Waals surface area contributed by atoms with Crippen molar-refractivity contribution in [2.24, 2.45) is 0 Å². The summed E-state index contributed by atoms with van der Waals surface area (Å²) in [6.45, 7) is 5.89. The Bertz CT molecular complexity index is 159. The molecule has 0 amide bonds. The summed E-state index contributed by atoms with van der Waals surface area (Å²) in [5, 5.41) is 11.0. The lowest BCUT2D eigenvalue weighted by molar-refractivity contribution is -0.488. The van der Waals surface area contributed by atoms with Crippen molar-refractivity contribution in [1.29, 1.82) is 0 Å². The van der Waals surface area contributed by atoms with Gasteiger partial charge in [-0.15, -0.1) is 0 Å². The maximum atomic E-state index is 11.0. The summed E-state index contributed by atoms with van der Waals surface area (Å²) in [4.78, 5) is 0. The summed E-state index contributed by atoms with van der Waals surface area (Å²) in [5.41, 5.74) is 0. The van der Waals surface area contributed by atoms with E-state index in [0.29, 0.717) is 0 Å². The van der Waals surface area contributed by atoms with Crippen LogP contribution in [0.25, 0.3) is 0 Å². The molecule has 0 fully saturated rings. The first-order valence-electron chi connectivity index (χ1n) is 4.62. The largest absolute Gasteiger partial charge is 0.624 e. The molecule has 0 saturated heterocycles. The molecular weight excluding hydrogens is 150 g/mol. The van der Waals surface area contributed by atoms with Crippen molar-refractivity contribution in [1.82, 2.24) is 0 Å². The van der Waals surface area contributed by atoms with E-state index in [1.54, 1.807) is 6.21 Å². The van der Waals surface area contributed by atoms with E-state index in [-0.39, 0.29) is 6.04 Å². The number of hydrogen-bond donors (Lipinski definition) is 0. The first-order valence-corrected chi connectivity index (χ1v) is 4.62. The SMILES string of the molecule is CC/C=C\CCC=[N+]([O-])C(C)C. The molecule has 0 aliphatic carbocycles. The number of hydrogen-bond acceptors (Lipinski definition) is 1.